The normalized spacial score (nSPS) is 19.1. The summed E-state index contributed by atoms with van der Waals surface area (Å²) in [5.41, 5.74) is 0. The molecule has 0 saturated carbocycles. The van der Waals surface area contributed by atoms with E-state index < -0.39 is 10.0 Å². The largest absolute Gasteiger partial charge is 0.494 e. The molecule has 0 N–H and O–H groups in total. The second-order valence-electron chi connectivity index (χ2n) is 4.90. The summed E-state index contributed by atoms with van der Waals surface area (Å²) in [5, 5.41) is 0. The number of likely N-dealkylation sites (N-methyl/N-ethyl adjacent to an activating group) is 1. The van der Waals surface area contributed by atoms with Crippen molar-refractivity contribution in [3.63, 3.8) is 0 Å². The number of hydrogen-bond acceptors (Lipinski definition) is 4. The van der Waals surface area contributed by atoms with Crippen LogP contribution in [0.1, 0.15) is 12.8 Å². The van der Waals surface area contributed by atoms with Crippen LogP contribution in [0.4, 0.5) is 0 Å². The van der Waals surface area contributed by atoms with Crippen LogP contribution in [0.25, 0.3) is 0 Å². The molecule has 1 heterocycles. The van der Waals surface area contributed by atoms with Crippen molar-refractivity contribution >= 4 is 21.6 Å². The van der Waals surface area contributed by atoms with Crippen molar-refractivity contribution in [1.29, 1.82) is 0 Å². The van der Waals surface area contributed by atoms with Gasteiger partial charge in [-0.25, -0.2) is 8.42 Å². The highest BCUT2D eigenvalue weighted by atomic mass is 35.5. The number of ether oxygens (including phenoxy) is 2. The minimum Gasteiger partial charge on any atom is -0.494 e. The molecule has 1 fully saturated rings. The molecule has 1 aliphatic heterocycles. The highest BCUT2D eigenvalue weighted by Gasteiger charge is 2.30. The van der Waals surface area contributed by atoms with E-state index in [1.807, 2.05) is 0 Å². The molecular weight excluding hydrogens is 314 g/mol. The summed E-state index contributed by atoms with van der Waals surface area (Å²) >= 11 is 5.57. The fourth-order valence-electron chi connectivity index (χ4n) is 2.12. The molecule has 21 heavy (non-hydrogen) atoms. The number of halogens is 1. The molecule has 5 nitrogen and oxygen atoms in total. The van der Waals surface area contributed by atoms with E-state index in [4.69, 9.17) is 21.1 Å². The van der Waals surface area contributed by atoms with Gasteiger partial charge in [0.1, 0.15) is 5.75 Å². The molecule has 0 spiro atoms. The van der Waals surface area contributed by atoms with Gasteiger partial charge in [-0.1, -0.05) is 0 Å². The monoisotopic (exact) mass is 333 g/mol. The number of sulfonamides is 1. The Labute approximate surface area is 130 Å². The summed E-state index contributed by atoms with van der Waals surface area (Å²) in [5.74, 6) is 1.19. The summed E-state index contributed by atoms with van der Waals surface area (Å²) in [6.07, 6.45) is 1.49. The quantitative estimate of drug-likeness (QED) is 0.566. The summed E-state index contributed by atoms with van der Waals surface area (Å²) in [7, 11) is -1.89. The summed E-state index contributed by atoms with van der Waals surface area (Å²) in [6.45, 7) is 1.59. The lowest BCUT2D eigenvalue weighted by Crippen LogP contribution is -2.37. The van der Waals surface area contributed by atoms with Gasteiger partial charge in [0, 0.05) is 19.5 Å². The number of rotatable bonds is 7. The maximum absolute atomic E-state index is 12.5. The Hall–Kier alpha value is -0.820. The zero-order valence-corrected chi connectivity index (χ0v) is 13.6. The smallest absolute Gasteiger partial charge is 0.243 e. The summed E-state index contributed by atoms with van der Waals surface area (Å²) < 4.78 is 37.1. The third-order valence-electron chi connectivity index (χ3n) is 3.47. The molecule has 2 rings (SSSR count). The third kappa shape index (κ3) is 4.10. The molecule has 1 aromatic carbocycles. The van der Waals surface area contributed by atoms with Crippen molar-refractivity contribution in [3.05, 3.63) is 24.3 Å². The minimum atomic E-state index is -3.49. The molecule has 118 valence electrons. The van der Waals surface area contributed by atoms with Crippen LogP contribution in [0.5, 0.6) is 5.75 Å². The molecule has 7 heteroatoms. The Morgan fingerprint density at radius 2 is 2.10 bits per heavy atom. The van der Waals surface area contributed by atoms with Gasteiger partial charge >= 0.3 is 0 Å². The Morgan fingerprint density at radius 1 is 1.38 bits per heavy atom. The SMILES string of the molecule is CN(C1CCOC1)S(=O)(=O)c1ccc(OCCCCl)cc1. The standard InChI is InChI=1S/C14H20ClNO4S/c1-16(12-7-10-19-11-12)21(17,18)14-5-3-13(4-6-14)20-9-2-8-15/h3-6,12H,2,7-11H2,1H3. The van der Waals surface area contributed by atoms with E-state index in [-0.39, 0.29) is 10.9 Å². The highest BCUT2D eigenvalue weighted by Crippen LogP contribution is 2.22. The molecule has 1 saturated heterocycles. The molecule has 0 radical (unpaired) electrons. The van der Waals surface area contributed by atoms with Gasteiger partial charge in [0.15, 0.2) is 0 Å². The van der Waals surface area contributed by atoms with Crippen LogP contribution in [-0.2, 0) is 14.8 Å². The van der Waals surface area contributed by atoms with Gasteiger partial charge in [-0.05, 0) is 37.1 Å². The molecule has 0 bridgehead atoms. The zero-order chi connectivity index (χ0) is 15.3. The molecule has 0 aliphatic carbocycles. The van der Waals surface area contributed by atoms with Crippen LogP contribution in [0.15, 0.2) is 29.2 Å². The topological polar surface area (TPSA) is 55.8 Å². The van der Waals surface area contributed by atoms with Crippen LogP contribution >= 0.6 is 11.6 Å². The Balaban J connectivity index is 2.05. The summed E-state index contributed by atoms with van der Waals surface area (Å²) in [6, 6.07) is 6.38. The molecule has 0 amide bonds. The molecule has 0 aromatic heterocycles. The van der Waals surface area contributed by atoms with Crippen molar-refractivity contribution in [2.45, 2.75) is 23.8 Å². The van der Waals surface area contributed by atoms with Gasteiger partial charge in [-0.15, -0.1) is 11.6 Å². The molecule has 1 aliphatic rings. The van der Waals surface area contributed by atoms with Gasteiger partial charge in [-0.2, -0.15) is 4.31 Å². The lowest BCUT2D eigenvalue weighted by atomic mass is 10.3. The number of nitrogens with zero attached hydrogens (tertiary/aromatic N) is 1. The van der Waals surface area contributed by atoms with Gasteiger partial charge in [0.25, 0.3) is 0 Å². The fraction of sp³-hybridized carbons (Fsp3) is 0.571. The lowest BCUT2D eigenvalue weighted by molar-refractivity contribution is 0.181. The minimum absolute atomic E-state index is 0.0883. The first kappa shape index (κ1) is 16.5. The number of alkyl halides is 1. The lowest BCUT2D eigenvalue weighted by Gasteiger charge is -2.22. The average Bonchev–Trinajstić information content (AvgIpc) is 3.01. The first-order valence-corrected chi connectivity index (χ1v) is 8.88. The second kappa shape index (κ2) is 7.45. The van der Waals surface area contributed by atoms with Crippen LogP contribution in [0.2, 0.25) is 0 Å². The van der Waals surface area contributed by atoms with E-state index in [1.54, 1.807) is 31.3 Å². The maximum atomic E-state index is 12.5. The predicted octanol–water partition coefficient (Wildman–Crippen LogP) is 2.10. The van der Waals surface area contributed by atoms with Crippen molar-refractivity contribution < 1.29 is 17.9 Å². The van der Waals surface area contributed by atoms with E-state index in [2.05, 4.69) is 0 Å². The van der Waals surface area contributed by atoms with E-state index >= 15 is 0 Å². The first-order valence-electron chi connectivity index (χ1n) is 6.90. The Morgan fingerprint density at radius 3 is 2.67 bits per heavy atom. The first-order chi connectivity index (χ1) is 10.1. The van der Waals surface area contributed by atoms with Crippen molar-refractivity contribution in [1.82, 2.24) is 4.31 Å². The zero-order valence-electron chi connectivity index (χ0n) is 12.0. The molecular formula is C14H20ClNO4S. The van der Waals surface area contributed by atoms with Crippen LogP contribution in [0.3, 0.4) is 0 Å². The van der Waals surface area contributed by atoms with Crippen molar-refractivity contribution in [2.24, 2.45) is 0 Å². The van der Waals surface area contributed by atoms with Crippen molar-refractivity contribution in [3.8, 4) is 5.75 Å². The van der Waals surface area contributed by atoms with Crippen LogP contribution < -0.4 is 4.74 Å². The summed E-state index contributed by atoms with van der Waals surface area (Å²) in [4.78, 5) is 0.265. The molecule has 1 aromatic rings. The predicted molar refractivity (Wildman–Crippen MR) is 81.4 cm³/mol. The van der Waals surface area contributed by atoms with E-state index in [0.29, 0.717) is 31.5 Å². The van der Waals surface area contributed by atoms with Gasteiger partial charge in [-0.3, -0.25) is 0 Å². The van der Waals surface area contributed by atoms with E-state index in [0.717, 1.165) is 12.8 Å². The van der Waals surface area contributed by atoms with Gasteiger partial charge < -0.3 is 9.47 Å². The van der Waals surface area contributed by atoms with Gasteiger partial charge in [0.05, 0.1) is 24.2 Å². The fourth-order valence-corrected chi connectivity index (χ4v) is 3.60. The molecule has 1 unspecified atom stereocenters. The average molecular weight is 334 g/mol. The van der Waals surface area contributed by atoms with Gasteiger partial charge in [0.2, 0.25) is 10.0 Å². The van der Waals surface area contributed by atoms with E-state index in [9.17, 15) is 8.42 Å². The maximum Gasteiger partial charge on any atom is 0.243 e. The number of benzene rings is 1. The molecule has 1 atom stereocenters. The van der Waals surface area contributed by atoms with Crippen LogP contribution in [0, 0.1) is 0 Å². The highest BCUT2D eigenvalue weighted by molar-refractivity contribution is 7.89. The number of hydrogen-bond donors (Lipinski definition) is 0. The second-order valence-corrected chi connectivity index (χ2v) is 7.28. The van der Waals surface area contributed by atoms with Crippen LogP contribution in [-0.4, -0.2) is 51.5 Å². The van der Waals surface area contributed by atoms with Crippen molar-refractivity contribution in [2.75, 3.05) is 32.7 Å². The van der Waals surface area contributed by atoms with E-state index in [1.165, 1.54) is 4.31 Å². The Bertz CT molecular complexity index is 541. The Kier molecular flexibility index (Phi) is 5.87. The third-order valence-corrected chi connectivity index (χ3v) is 5.66.